The smallest absolute Gasteiger partial charge is 0.303 e. The minimum absolute atomic E-state index is 0.0353. The molecule has 0 bridgehead atoms. The fraction of sp³-hybridized carbons (Fsp3) is 0.523. The van der Waals surface area contributed by atoms with Crippen LogP contribution in [-0.4, -0.2) is 110 Å². The molecule has 15 nitrogen and oxygen atoms in total. The van der Waals surface area contributed by atoms with Crippen molar-refractivity contribution in [2.45, 2.75) is 126 Å². The maximum absolute atomic E-state index is 14.6. The fourth-order valence-corrected chi connectivity index (χ4v) is 10.1. The summed E-state index contributed by atoms with van der Waals surface area (Å²) in [5.74, 6) is -1.17. The molecule has 0 N–H and O–H groups in total. The van der Waals surface area contributed by atoms with E-state index in [4.69, 9.17) is 37.6 Å². The zero-order chi connectivity index (χ0) is 43.5. The van der Waals surface area contributed by atoms with E-state index in [1.807, 2.05) is 67.6 Å². The number of ether oxygens (including phenoxy) is 7. The maximum Gasteiger partial charge on any atom is 0.303 e. The van der Waals surface area contributed by atoms with E-state index in [1.54, 1.807) is 24.3 Å². The van der Waals surface area contributed by atoms with Gasteiger partial charge in [-0.1, -0.05) is 106 Å². The molecular formula is C44H54N4O11SSi. The number of benzene rings is 3. The molecule has 7 rings (SSSR count). The van der Waals surface area contributed by atoms with E-state index in [0.29, 0.717) is 5.75 Å². The first kappa shape index (κ1) is 44.9. The quantitative estimate of drug-likeness (QED) is 0.0388. The minimum atomic E-state index is -2.76. The SMILES string of the molecule is CCS[C@@H]1O[C@H](COCc2ccccc2)[C@H](O[C@@H]2O[C@@H]3CO[C@H](c4ccccc4)O[C@@H]3[C@H](O[Si](C)(C)C(C)(C)C)[C@H]2N2C(=O)c3ccccc3C2=O)[C@H](OC(C)=O)[C@H]1N=[N+]=[N-]. The highest BCUT2D eigenvalue weighted by Gasteiger charge is 2.60. The number of carbonyl (C=O) groups excluding carboxylic acids is 3. The molecule has 0 aromatic heterocycles. The van der Waals surface area contributed by atoms with Crippen LogP contribution in [0.15, 0.2) is 90.0 Å². The van der Waals surface area contributed by atoms with Gasteiger partial charge in [-0.15, -0.1) is 11.8 Å². The number of hydrogen-bond donors (Lipinski definition) is 0. The van der Waals surface area contributed by atoms with E-state index >= 15 is 0 Å². The van der Waals surface area contributed by atoms with Crippen molar-refractivity contribution in [3.8, 4) is 0 Å². The number of thioether (sulfide) groups is 1. The highest BCUT2D eigenvalue weighted by Crippen LogP contribution is 2.45. The Morgan fingerprint density at radius 1 is 0.918 bits per heavy atom. The summed E-state index contributed by atoms with van der Waals surface area (Å²) in [6, 6.07) is 23.4. The summed E-state index contributed by atoms with van der Waals surface area (Å²) in [5, 5.41) is 3.76. The fourth-order valence-electron chi connectivity index (χ4n) is 7.88. The zero-order valence-electron chi connectivity index (χ0n) is 35.5. The number of esters is 1. The van der Waals surface area contributed by atoms with Crippen LogP contribution in [0.25, 0.3) is 10.4 Å². The molecule has 17 heteroatoms. The normalized spacial score (nSPS) is 30.3. The first-order chi connectivity index (χ1) is 29.2. The van der Waals surface area contributed by atoms with Crippen LogP contribution in [0, 0.1) is 0 Å². The number of fused-ring (bicyclic) bond motifs is 2. The molecule has 0 spiro atoms. The Balaban J connectivity index is 1.34. The van der Waals surface area contributed by atoms with Gasteiger partial charge >= 0.3 is 5.97 Å². The van der Waals surface area contributed by atoms with Crippen LogP contribution in [0.1, 0.15) is 72.8 Å². The van der Waals surface area contributed by atoms with Crippen molar-refractivity contribution >= 4 is 37.9 Å². The molecule has 4 aliphatic heterocycles. The third-order valence-corrected chi connectivity index (χ3v) is 17.4. The van der Waals surface area contributed by atoms with Gasteiger partial charge in [-0.05, 0) is 47.1 Å². The van der Waals surface area contributed by atoms with E-state index in [2.05, 4.69) is 43.9 Å². The number of rotatable bonds is 14. The van der Waals surface area contributed by atoms with Crippen LogP contribution in [0.2, 0.25) is 18.1 Å². The van der Waals surface area contributed by atoms with E-state index in [-0.39, 0.29) is 36.0 Å². The summed E-state index contributed by atoms with van der Waals surface area (Å²) in [5.41, 5.74) is 11.2. The van der Waals surface area contributed by atoms with Gasteiger partial charge in [0.1, 0.15) is 48.0 Å². The number of nitrogens with zero attached hydrogens (tertiary/aromatic N) is 4. The third-order valence-electron chi connectivity index (χ3n) is 11.9. The Morgan fingerprint density at radius 3 is 2.16 bits per heavy atom. The molecule has 3 aromatic rings. The summed E-state index contributed by atoms with van der Waals surface area (Å²) in [4.78, 5) is 46.4. The molecule has 11 atom stereocenters. The molecule has 0 radical (unpaired) electrons. The van der Waals surface area contributed by atoms with Crippen LogP contribution < -0.4 is 0 Å². The Labute approximate surface area is 361 Å². The number of hydrogen-bond acceptors (Lipinski definition) is 13. The monoisotopic (exact) mass is 874 g/mol. The van der Waals surface area contributed by atoms with E-state index in [1.165, 1.54) is 18.7 Å². The van der Waals surface area contributed by atoms with Crippen molar-refractivity contribution in [2.75, 3.05) is 19.0 Å². The van der Waals surface area contributed by atoms with Gasteiger partial charge in [0.05, 0.1) is 37.1 Å². The molecule has 2 amide bonds. The van der Waals surface area contributed by atoms with Crippen molar-refractivity contribution in [1.29, 1.82) is 0 Å². The molecule has 326 valence electrons. The topological polar surface area (TPSA) is 177 Å². The Hall–Kier alpha value is -4.13. The van der Waals surface area contributed by atoms with Crippen LogP contribution in [0.5, 0.6) is 0 Å². The molecule has 0 unspecified atom stereocenters. The number of azide groups is 1. The number of carbonyl (C=O) groups is 3. The Morgan fingerprint density at radius 2 is 1.56 bits per heavy atom. The molecule has 0 aliphatic carbocycles. The minimum Gasteiger partial charge on any atom is -0.459 e. The van der Waals surface area contributed by atoms with Gasteiger partial charge in [-0.3, -0.25) is 19.3 Å². The summed E-state index contributed by atoms with van der Waals surface area (Å²) in [6.07, 6.45) is -8.23. The lowest BCUT2D eigenvalue weighted by molar-refractivity contribution is -0.362. The van der Waals surface area contributed by atoms with Crippen molar-refractivity contribution in [3.63, 3.8) is 0 Å². The van der Waals surface area contributed by atoms with Crippen molar-refractivity contribution < 1.29 is 52.0 Å². The molecule has 4 heterocycles. The summed E-state index contributed by atoms with van der Waals surface area (Å²) in [6.45, 7) is 13.9. The van der Waals surface area contributed by atoms with Gasteiger partial charge in [0.15, 0.2) is 20.9 Å². The lowest BCUT2D eigenvalue weighted by Crippen LogP contribution is -2.71. The molecule has 4 aliphatic rings. The predicted molar refractivity (Wildman–Crippen MR) is 228 cm³/mol. The second-order valence-electron chi connectivity index (χ2n) is 16.9. The third kappa shape index (κ3) is 9.61. The number of amides is 2. The van der Waals surface area contributed by atoms with Crippen LogP contribution in [0.4, 0.5) is 0 Å². The predicted octanol–water partition coefficient (Wildman–Crippen LogP) is 7.57. The summed E-state index contributed by atoms with van der Waals surface area (Å²) >= 11 is 1.38. The van der Waals surface area contributed by atoms with Gasteiger partial charge in [0.2, 0.25) is 0 Å². The molecule has 61 heavy (non-hydrogen) atoms. The molecule has 0 saturated carbocycles. The Bertz CT molecular complexity index is 2040. The standard InChI is InChI=1S/C44H54N4O11SSi/c1-8-60-43-33(46-47-45)37(54-26(2)49)35(31(56-43)24-52-23-27-17-11-9-12-18-27)58-42-34(48-39(50)29-21-15-16-22-30(29)40(48)51)38(59-61(6,7)44(3,4)5)36-32(55-42)25-53-41(57-36)28-19-13-10-14-20-28/h9-22,31-38,41-43H,8,23-25H2,1-7H3/t31-,32-,33-,34-,35+,36+,37-,38-,41+,42+,43+/m1/s1. The van der Waals surface area contributed by atoms with Crippen molar-refractivity contribution in [3.05, 3.63) is 118 Å². The first-order valence-electron chi connectivity index (χ1n) is 20.6. The average Bonchev–Trinajstić information content (AvgIpc) is 3.48. The second kappa shape index (κ2) is 19.1. The molecule has 3 saturated heterocycles. The van der Waals surface area contributed by atoms with Gasteiger partial charge in [0.25, 0.3) is 11.8 Å². The summed E-state index contributed by atoms with van der Waals surface area (Å²) in [7, 11) is -2.76. The molecule has 3 fully saturated rings. The van der Waals surface area contributed by atoms with Gasteiger partial charge in [0, 0.05) is 17.4 Å². The van der Waals surface area contributed by atoms with Crippen LogP contribution >= 0.6 is 11.8 Å². The lowest BCUT2D eigenvalue weighted by atomic mass is 9.93. The van der Waals surface area contributed by atoms with Gasteiger partial charge in [-0.25, -0.2) is 0 Å². The summed E-state index contributed by atoms with van der Waals surface area (Å²) < 4.78 is 53.2. The van der Waals surface area contributed by atoms with Crippen molar-refractivity contribution in [2.24, 2.45) is 5.11 Å². The maximum atomic E-state index is 14.6. The Kier molecular flexibility index (Phi) is 14.1. The average molecular weight is 875 g/mol. The van der Waals surface area contributed by atoms with E-state index < -0.39 is 92.8 Å². The van der Waals surface area contributed by atoms with Gasteiger partial charge < -0.3 is 37.6 Å². The van der Waals surface area contributed by atoms with E-state index in [0.717, 1.165) is 16.0 Å². The second-order valence-corrected chi connectivity index (χ2v) is 23.1. The van der Waals surface area contributed by atoms with Gasteiger partial charge in [-0.2, -0.15) is 0 Å². The highest BCUT2D eigenvalue weighted by atomic mass is 32.2. The first-order valence-corrected chi connectivity index (χ1v) is 24.6. The largest absolute Gasteiger partial charge is 0.459 e. The molecular weight excluding hydrogens is 821 g/mol. The van der Waals surface area contributed by atoms with Crippen LogP contribution in [-0.2, 0) is 49.0 Å². The molecule has 3 aromatic carbocycles. The zero-order valence-corrected chi connectivity index (χ0v) is 37.3. The van der Waals surface area contributed by atoms with E-state index in [9.17, 15) is 19.9 Å². The van der Waals surface area contributed by atoms with Crippen LogP contribution in [0.3, 0.4) is 0 Å². The van der Waals surface area contributed by atoms with Crippen molar-refractivity contribution in [1.82, 2.24) is 4.90 Å². The number of imide groups is 1. The highest BCUT2D eigenvalue weighted by molar-refractivity contribution is 7.99. The lowest BCUT2D eigenvalue weighted by Gasteiger charge is -2.54.